The first-order valence-corrected chi connectivity index (χ1v) is 7.45. The van der Waals surface area contributed by atoms with Crippen molar-refractivity contribution in [2.24, 2.45) is 0 Å². The number of hydrogen-bond donors (Lipinski definition) is 2. The van der Waals surface area contributed by atoms with E-state index in [4.69, 9.17) is 4.74 Å². The Labute approximate surface area is 137 Å². The van der Waals surface area contributed by atoms with Gasteiger partial charge in [-0.1, -0.05) is 18.2 Å². The van der Waals surface area contributed by atoms with Gasteiger partial charge >= 0.3 is 5.97 Å². The quantitative estimate of drug-likeness (QED) is 0.718. The first-order chi connectivity index (χ1) is 11.6. The van der Waals surface area contributed by atoms with Crippen LogP contribution in [0.2, 0.25) is 0 Å². The Kier molecular flexibility index (Phi) is 4.29. The van der Waals surface area contributed by atoms with Crippen molar-refractivity contribution >= 4 is 28.5 Å². The predicted molar refractivity (Wildman–Crippen MR) is 88.6 cm³/mol. The van der Waals surface area contributed by atoms with Gasteiger partial charge in [-0.25, -0.2) is 9.18 Å². The fraction of sp³-hybridized carbons (Fsp3) is 0.111. The molecule has 6 heteroatoms. The van der Waals surface area contributed by atoms with Crippen LogP contribution in [0, 0.1) is 5.82 Å². The Morgan fingerprint density at radius 1 is 1.12 bits per heavy atom. The zero-order chi connectivity index (χ0) is 17.1. The molecule has 3 rings (SSSR count). The number of halogens is 1. The van der Waals surface area contributed by atoms with Crippen molar-refractivity contribution in [2.75, 3.05) is 11.9 Å². The Morgan fingerprint density at radius 3 is 2.54 bits per heavy atom. The minimum absolute atomic E-state index is 0.175. The molecule has 0 fully saturated rings. The van der Waals surface area contributed by atoms with Crippen LogP contribution >= 0.6 is 0 Å². The minimum atomic E-state index is -0.553. The normalized spacial score (nSPS) is 10.6. The predicted octanol–water partition coefficient (Wildman–Crippen LogP) is 3.74. The van der Waals surface area contributed by atoms with Crippen LogP contribution in [-0.2, 0) is 4.74 Å². The molecule has 24 heavy (non-hydrogen) atoms. The number of anilines is 1. The number of carbonyl (C=O) groups excluding carboxylic acids is 2. The van der Waals surface area contributed by atoms with Gasteiger partial charge in [0, 0.05) is 16.5 Å². The molecule has 122 valence electrons. The molecule has 0 spiro atoms. The lowest BCUT2D eigenvalue weighted by molar-refractivity contribution is 0.0522. The third kappa shape index (κ3) is 2.99. The largest absolute Gasteiger partial charge is 0.461 e. The highest BCUT2D eigenvalue weighted by molar-refractivity contribution is 6.14. The summed E-state index contributed by atoms with van der Waals surface area (Å²) >= 11 is 0. The molecule has 1 heterocycles. The number of aromatic amines is 1. The summed E-state index contributed by atoms with van der Waals surface area (Å²) in [5, 5.41) is 3.41. The first kappa shape index (κ1) is 15.7. The number of fused-ring (bicyclic) bond motifs is 1. The monoisotopic (exact) mass is 326 g/mol. The summed E-state index contributed by atoms with van der Waals surface area (Å²) in [5.41, 5.74) is 1.51. The van der Waals surface area contributed by atoms with Gasteiger partial charge in [-0.3, -0.25) is 4.79 Å². The summed E-state index contributed by atoms with van der Waals surface area (Å²) in [6.45, 7) is 1.93. The van der Waals surface area contributed by atoms with Gasteiger partial charge in [0.05, 0.1) is 12.3 Å². The molecule has 0 aliphatic carbocycles. The Bertz CT molecular complexity index is 900. The standard InChI is InChI=1S/C18H15FN2O3/c1-2-24-18(23)16-15(13-5-3-4-6-14(13)20-16)21-17(22)11-7-9-12(19)10-8-11/h3-10,20H,2H2,1H3,(H,21,22). The molecule has 1 amide bonds. The molecule has 3 aromatic rings. The van der Waals surface area contributed by atoms with Gasteiger partial charge in [0.25, 0.3) is 5.91 Å². The average Bonchev–Trinajstić information content (AvgIpc) is 2.94. The SMILES string of the molecule is CCOC(=O)c1[nH]c2ccccc2c1NC(=O)c1ccc(F)cc1. The fourth-order valence-corrected chi connectivity index (χ4v) is 2.42. The van der Waals surface area contributed by atoms with Crippen molar-refractivity contribution in [3.63, 3.8) is 0 Å². The summed E-state index contributed by atoms with van der Waals surface area (Å²) in [6.07, 6.45) is 0. The number of carbonyl (C=O) groups is 2. The zero-order valence-corrected chi connectivity index (χ0v) is 12.9. The molecule has 0 unspecified atom stereocenters. The Hall–Kier alpha value is -3.15. The van der Waals surface area contributed by atoms with Gasteiger partial charge in [0.15, 0.2) is 0 Å². The number of nitrogens with one attached hydrogen (secondary N) is 2. The molecule has 0 saturated carbocycles. The van der Waals surface area contributed by atoms with Crippen LogP contribution in [0.4, 0.5) is 10.1 Å². The number of ether oxygens (including phenoxy) is 1. The number of H-pyrrole nitrogens is 1. The Balaban J connectivity index is 2.00. The van der Waals surface area contributed by atoms with Crippen LogP contribution in [0.1, 0.15) is 27.8 Å². The minimum Gasteiger partial charge on any atom is -0.461 e. The molecular weight excluding hydrogens is 311 g/mol. The van der Waals surface area contributed by atoms with E-state index in [-0.39, 0.29) is 17.9 Å². The number of benzene rings is 2. The van der Waals surface area contributed by atoms with E-state index >= 15 is 0 Å². The molecule has 0 bridgehead atoms. The summed E-state index contributed by atoms with van der Waals surface area (Å²) in [4.78, 5) is 27.5. The Morgan fingerprint density at radius 2 is 1.83 bits per heavy atom. The van der Waals surface area contributed by atoms with Gasteiger partial charge in [-0.2, -0.15) is 0 Å². The van der Waals surface area contributed by atoms with Crippen molar-refractivity contribution in [2.45, 2.75) is 6.92 Å². The van der Waals surface area contributed by atoms with Crippen LogP contribution < -0.4 is 5.32 Å². The molecular formula is C18H15FN2O3. The van der Waals surface area contributed by atoms with Crippen molar-refractivity contribution in [3.05, 3.63) is 65.6 Å². The van der Waals surface area contributed by atoms with E-state index in [9.17, 15) is 14.0 Å². The first-order valence-electron chi connectivity index (χ1n) is 7.45. The van der Waals surface area contributed by atoms with E-state index in [1.54, 1.807) is 25.1 Å². The van der Waals surface area contributed by atoms with E-state index < -0.39 is 17.7 Å². The van der Waals surface area contributed by atoms with Crippen LogP contribution in [0.15, 0.2) is 48.5 Å². The molecule has 0 aliphatic heterocycles. The highest BCUT2D eigenvalue weighted by atomic mass is 19.1. The summed E-state index contributed by atoms with van der Waals surface area (Å²) in [6, 6.07) is 12.4. The maximum absolute atomic E-state index is 13.0. The molecule has 0 saturated heterocycles. The topological polar surface area (TPSA) is 71.2 Å². The van der Waals surface area contributed by atoms with E-state index in [0.717, 1.165) is 0 Å². The number of amides is 1. The smallest absolute Gasteiger partial charge is 0.356 e. The fourth-order valence-electron chi connectivity index (χ4n) is 2.42. The van der Waals surface area contributed by atoms with E-state index in [0.29, 0.717) is 16.6 Å². The van der Waals surface area contributed by atoms with Gasteiger partial charge in [-0.15, -0.1) is 0 Å². The number of rotatable bonds is 4. The summed E-state index contributed by atoms with van der Waals surface area (Å²) < 4.78 is 18.0. The van der Waals surface area contributed by atoms with Gasteiger partial charge in [-0.05, 0) is 37.3 Å². The second kappa shape index (κ2) is 6.54. The number of hydrogen-bond acceptors (Lipinski definition) is 3. The lowest BCUT2D eigenvalue weighted by Crippen LogP contribution is -2.15. The highest BCUT2D eigenvalue weighted by Gasteiger charge is 2.21. The van der Waals surface area contributed by atoms with Crippen LogP contribution in [0.5, 0.6) is 0 Å². The zero-order valence-electron chi connectivity index (χ0n) is 12.9. The van der Waals surface area contributed by atoms with Crippen molar-refractivity contribution in [1.82, 2.24) is 4.98 Å². The molecule has 2 aromatic carbocycles. The van der Waals surface area contributed by atoms with Crippen LogP contribution in [0.25, 0.3) is 10.9 Å². The lowest BCUT2D eigenvalue weighted by atomic mass is 10.1. The van der Waals surface area contributed by atoms with Gasteiger partial charge < -0.3 is 15.0 Å². The van der Waals surface area contributed by atoms with Crippen LogP contribution in [-0.4, -0.2) is 23.5 Å². The van der Waals surface area contributed by atoms with E-state index in [2.05, 4.69) is 10.3 Å². The molecule has 0 radical (unpaired) electrons. The third-order valence-electron chi connectivity index (χ3n) is 3.53. The van der Waals surface area contributed by atoms with E-state index in [1.165, 1.54) is 24.3 Å². The second-order valence-electron chi connectivity index (χ2n) is 5.10. The number of aromatic nitrogens is 1. The molecule has 0 aliphatic rings. The third-order valence-corrected chi connectivity index (χ3v) is 3.53. The van der Waals surface area contributed by atoms with Crippen molar-refractivity contribution in [3.8, 4) is 0 Å². The van der Waals surface area contributed by atoms with Gasteiger partial charge in [0.1, 0.15) is 11.5 Å². The van der Waals surface area contributed by atoms with Crippen LogP contribution in [0.3, 0.4) is 0 Å². The highest BCUT2D eigenvalue weighted by Crippen LogP contribution is 2.28. The molecule has 5 nitrogen and oxygen atoms in total. The molecule has 1 aromatic heterocycles. The van der Waals surface area contributed by atoms with E-state index in [1.807, 2.05) is 6.07 Å². The maximum Gasteiger partial charge on any atom is 0.356 e. The number of esters is 1. The average molecular weight is 326 g/mol. The maximum atomic E-state index is 13.0. The van der Waals surface area contributed by atoms with Gasteiger partial charge in [0.2, 0.25) is 0 Å². The van der Waals surface area contributed by atoms with Crippen molar-refractivity contribution < 1.29 is 18.7 Å². The molecule has 0 atom stereocenters. The lowest BCUT2D eigenvalue weighted by Gasteiger charge is -2.07. The summed E-state index contributed by atoms with van der Waals surface area (Å²) in [5.74, 6) is -1.42. The second-order valence-corrected chi connectivity index (χ2v) is 5.10. The van der Waals surface area contributed by atoms with Crippen molar-refractivity contribution in [1.29, 1.82) is 0 Å². The molecule has 2 N–H and O–H groups in total. The number of para-hydroxylation sites is 1. The summed E-state index contributed by atoms with van der Waals surface area (Å²) in [7, 11) is 0.